The van der Waals surface area contributed by atoms with Crippen molar-refractivity contribution in [2.75, 3.05) is 5.75 Å². The molecule has 1 nitrogen and oxygen atoms in total. The van der Waals surface area contributed by atoms with Crippen LogP contribution in [0.4, 0.5) is 4.39 Å². The Morgan fingerprint density at radius 1 is 1.11 bits per heavy atom. The van der Waals surface area contributed by atoms with Crippen molar-refractivity contribution in [3.8, 4) is 0 Å². The number of thioether (sulfide) groups is 1. The Bertz CT molecular complexity index is 470. The molecule has 3 aliphatic rings. The number of hydrogen-bond donors (Lipinski definition) is 1. The zero-order valence-electron chi connectivity index (χ0n) is 11.1. The standard InChI is InChI=1S/C16H20FNS/c17-12-5-6-15-13(9-12)14(7-8-19-15)18-16(10-1-2-10)11-3-4-11/h5-6,9-11,14,16,18H,1-4,7-8H2. The number of fused-ring (bicyclic) bond motifs is 1. The van der Waals surface area contributed by atoms with E-state index in [0.717, 1.165) is 24.0 Å². The number of halogens is 1. The van der Waals surface area contributed by atoms with Crippen LogP contribution in [0.5, 0.6) is 0 Å². The minimum Gasteiger partial charge on any atom is -0.307 e. The molecule has 1 N–H and O–H groups in total. The third-order valence-electron chi connectivity index (χ3n) is 4.66. The fourth-order valence-corrected chi connectivity index (χ4v) is 4.44. The van der Waals surface area contributed by atoms with E-state index in [0.29, 0.717) is 12.1 Å². The van der Waals surface area contributed by atoms with E-state index in [-0.39, 0.29) is 5.82 Å². The zero-order valence-corrected chi connectivity index (χ0v) is 11.9. The highest BCUT2D eigenvalue weighted by molar-refractivity contribution is 7.99. The van der Waals surface area contributed by atoms with Crippen molar-refractivity contribution in [3.05, 3.63) is 29.6 Å². The first-order valence-electron chi connectivity index (χ1n) is 7.49. The maximum atomic E-state index is 13.5. The van der Waals surface area contributed by atoms with Crippen LogP contribution in [0.2, 0.25) is 0 Å². The number of benzene rings is 1. The molecular formula is C16H20FNS. The summed E-state index contributed by atoms with van der Waals surface area (Å²) < 4.78 is 13.5. The normalized spacial score (nSPS) is 26.5. The molecule has 1 aromatic rings. The van der Waals surface area contributed by atoms with Gasteiger partial charge in [0, 0.05) is 17.0 Å². The molecule has 0 aromatic heterocycles. The second-order valence-corrected chi connectivity index (χ2v) is 7.38. The van der Waals surface area contributed by atoms with Gasteiger partial charge in [0.25, 0.3) is 0 Å². The van der Waals surface area contributed by atoms with Gasteiger partial charge >= 0.3 is 0 Å². The zero-order chi connectivity index (χ0) is 12.8. The molecule has 1 unspecified atom stereocenters. The summed E-state index contributed by atoms with van der Waals surface area (Å²) in [6.45, 7) is 0. The Hall–Kier alpha value is -0.540. The van der Waals surface area contributed by atoms with Crippen LogP contribution in [0.15, 0.2) is 23.1 Å². The van der Waals surface area contributed by atoms with Gasteiger partial charge in [0.05, 0.1) is 0 Å². The van der Waals surface area contributed by atoms with E-state index in [1.165, 1.54) is 36.1 Å². The van der Waals surface area contributed by atoms with Crippen molar-refractivity contribution >= 4 is 11.8 Å². The van der Waals surface area contributed by atoms with Gasteiger partial charge in [-0.05, 0) is 73.5 Å². The van der Waals surface area contributed by atoms with Gasteiger partial charge in [-0.2, -0.15) is 0 Å². The number of hydrogen-bond acceptors (Lipinski definition) is 2. The number of rotatable bonds is 4. The molecule has 2 fully saturated rings. The molecule has 4 rings (SSSR count). The SMILES string of the molecule is Fc1ccc2c(c1)C(NC(C1CC1)C1CC1)CCS2. The summed E-state index contributed by atoms with van der Waals surface area (Å²) in [5.41, 5.74) is 1.20. The lowest BCUT2D eigenvalue weighted by Gasteiger charge is -2.30. The van der Waals surface area contributed by atoms with E-state index in [1.807, 2.05) is 17.8 Å². The second kappa shape index (κ2) is 4.78. The minimum atomic E-state index is -0.0950. The lowest BCUT2D eigenvalue weighted by atomic mass is 9.99. The van der Waals surface area contributed by atoms with Crippen molar-refractivity contribution in [1.82, 2.24) is 5.32 Å². The predicted molar refractivity (Wildman–Crippen MR) is 76.9 cm³/mol. The molecule has 0 amide bonds. The molecule has 2 saturated carbocycles. The molecule has 0 bridgehead atoms. The molecule has 1 aromatic carbocycles. The van der Waals surface area contributed by atoms with Gasteiger partial charge in [-0.25, -0.2) is 4.39 Å². The van der Waals surface area contributed by atoms with E-state index in [2.05, 4.69) is 5.32 Å². The fraction of sp³-hybridized carbons (Fsp3) is 0.625. The largest absolute Gasteiger partial charge is 0.307 e. The molecular weight excluding hydrogens is 257 g/mol. The highest BCUT2D eigenvalue weighted by atomic mass is 32.2. The first-order valence-corrected chi connectivity index (χ1v) is 8.48. The van der Waals surface area contributed by atoms with Crippen LogP contribution in [0.1, 0.15) is 43.7 Å². The molecule has 19 heavy (non-hydrogen) atoms. The van der Waals surface area contributed by atoms with Crippen molar-refractivity contribution in [2.24, 2.45) is 11.8 Å². The summed E-state index contributed by atoms with van der Waals surface area (Å²) in [5.74, 6) is 2.86. The molecule has 3 heteroatoms. The van der Waals surface area contributed by atoms with Crippen molar-refractivity contribution < 1.29 is 4.39 Å². The smallest absolute Gasteiger partial charge is 0.123 e. The highest BCUT2D eigenvalue weighted by Gasteiger charge is 2.42. The summed E-state index contributed by atoms with van der Waals surface area (Å²) in [4.78, 5) is 1.27. The summed E-state index contributed by atoms with van der Waals surface area (Å²) in [6, 6.07) is 6.36. The molecule has 1 atom stereocenters. The fourth-order valence-electron chi connectivity index (χ4n) is 3.34. The Labute approximate surface area is 118 Å². The van der Waals surface area contributed by atoms with Crippen molar-refractivity contribution in [2.45, 2.75) is 49.1 Å². The van der Waals surface area contributed by atoms with Crippen molar-refractivity contribution in [1.29, 1.82) is 0 Å². The summed E-state index contributed by atoms with van der Waals surface area (Å²) in [6.07, 6.45) is 6.71. The van der Waals surface area contributed by atoms with Gasteiger partial charge in [0.2, 0.25) is 0 Å². The third kappa shape index (κ3) is 2.55. The van der Waals surface area contributed by atoms with E-state index >= 15 is 0 Å². The Morgan fingerprint density at radius 2 is 1.84 bits per heavy atom. The van der Waals surface area contributed by atoms with E-state index in [4.69, 9.17) is 0 Å². The average molecular weight is 277 g/mol. The van der Waals surface area contributed by atoms with Crippen LogP contribution in [0, 0.1) is 17.7 Å². The van der Waals surface area contributed by atoms with Crippen LogP contribution in [-0.4, -0.2) is 11.8 Å². The highest BCUT2D eigenvalue weighted by Crippen LogP contribution is 2.46. The van der Waals surface area contributed by atoms with Gasteiger partial charge in [0.1, 0.15) is 5.82 Å². The van der Waals surface area contributed by atoms with Crippen LogP contribution < -0.4 is 5.32 Å². The lowest BCUT2D eigenvalue weighted by Crippen LogP contribution is -2.37. The first kappa shape index (κ1) is 12.2. The van der Waals surface area contributed by atoms with E-state index < -0.39 is 0 Å². The van der Waals surface area contributed by atoms with Crippen LogP contribution >= 0.6 is 11.8 Å². The summed E-state index contributed by atoms with van der Waals surface area (Å²) in [7, 11) is 0. The van der Waals surface area contributed by atoms with Gasteiger partial charge in [-0.3, -0.25) is 0 Å². The Kier molecular flexibility index (Phi) is 3.07. The Balaban J connectivity index is 1.56. The lowest BCUT2D eigenvalue weighted by molar-refractivity contribution is 0.355. The van der Waals surface area contributed by atoms with Gasteiger partial charge in [0.15, 0.2) is 0 Å². The first-order chi connectivity index (χ1) is 9.31. The van der Waals surface area contributed by atoms with E-state index in [9.17, 15) is 4.39 Å². The van der Waals surface area contributed by atoms with Crippen LogP contribution in [0.25, 0.3) is 0 Å². The Morgan fingerprint density at radius 3 is 2.53 bits per heavy atom. The van der Waals surface area contributed by atoms with Gasteiger partial charge < -0.3 is 5.32 Å². The molecule has 2 aliphatic carbocycles. The quantitative estimate of drug-likeness (QED) is 0.887. The summed E-state index contributed by atoms with van der Waals surface area (Å²) in [5, 5.41) is 3.88. The van der Waals surface area contributed by atoms with Crippen LogP contribution in [-0.2, 0) is 0 Å². The monoisotopic (exact) mass is 277 g/mol. The molecule has 1 heterocycles. The predicted octanol–water partition coefficient (Wildman–Crippen LogP) is 4.14. The summed E-state index contributed by atoms with van der Waals surface area (Å²) >= 11 is 1.87. The van der Waals surface area contributed by atoms with Gasteiger partial charge in [-0.15, -0.1) is 11.8 Å². The van der Waals surface area contributed by atoms with Crippen LogP contribution in [0.3, 0.4) is 0 Å². The minimum absolute atomic E-state index is 0.0950. The molecule has 0 saturated heterocycles. The topological polar surface area (TPSA) is 12.0 Å². The number of nitrogens with one attached hydrogen (secondary N) is 1. The third-order valence-corrected chi connectivity index (χ3v) is 5.79. The van der Waals surface area contributed by atoms with E-state index in [1.54, 1.807) is 12.1 Å². The van der Waals surface area contributed by atoms with Gasteiger partial charge in [-0.1, -0.05) is 0 Å². The maximum Gasteiger partial charge on any atom is 0.123 e. The van der Waals surface area contributed by atoms with Crippen molar-refractivity contribution in [3.63, 3.8) is 0 Å². The maximum absolute atomic E-state index is 13.5. The average Bonchev–Trinajstić information content (AvgIpc) is 3.28. The molecule has 1 aliphatic heterocycles. The molecule has 102 valence electrons. The second-order valence-electron chi connectivity index (χ2n) is 6.24. The molecule has 0 radical (unpaired) electrons. The molecule has 0 spiro atoms.